The van der Waals surface area contributed by atoms with Crippen LogP contribution in [-0.4, -0.2) is 25.2 Å². The second-order valence-electron chi connectivity index (χ2n) is 5.33. The summed E-state index contributed by atoms with van der Waals surface area (Å²) in [7, 11) is 3.21. The molecule has 0 atom stereocenters. The molecule has 0 spiro atoms. The molecule has 0 aliphatic heterocycles. The third-order valence-corrected chi connectivity index (χ3v) is 5.13. The summed E-state index contributed by atoms with van der Waals surface area (Å²) in [4.78, 5) is 15.9. The molecule has 0 amide bonds. The largest absolute Gasteiger partial charge is 0.469 e. The molecule has 20 heavy (non-hydrogen) atoms. The topological polar surface area (TPSA) is 48.4 Å². The van der Waals surface area contributed by atoms with Gasteiger partial charge in [-0.2, -0.15) is 0 Å². The van der Waals surface area contributed by atoms with E-state index in [1.165, 1.54) is 32.8 Å². The van der Waals surface area contributed by atoms with Crippen molar-refractivity contribution in [1.82, 2.24) is 4.98 Å². The molecular weight excluding hydrogens is 274 g/mol. The maximum Gasteiger partial charge on any atom is 0.305 e. The first-order valence-electron chi connectivity index (χ1n) is 7.27. The number of carbonyl (C=O) groups is 1. The van der Waals surface area contributed by atoms with E-state index < -0.39 is 0 Å². The van der Waals surface area contributed by atoms with E-state index in [-0.39, 0.29) is 11.6 Å². The summed E-state index contributed by atoms with van der Waals surface area (Å²) in [5, 5.41) is 3.12. The van der Waals surface area contributed by atoms with Gasteiger partial charge in [0.05, 0.1) is 19.2 Å². The third-order valence-electron chi connectivity index (χ3n) is 4.06. The molecule has 0 aromatic carbocycles. The fourth-order valence-electron chi connectivity index (χ4n) is 2.77. The molecule has 1 aliphatic carbocycles. The normalized spacial score (nSPS) is 18.5. The SMILES string of the molecule is COC(=O)CCc1csc(C2(OC)CCCCCC2)n1. The van der Waals surface area contributed by atoms with Crippen molar-refractivity contribution in [2.24, 2.45) is 0 Å². The van der Waals surface area contributed by atoms with Crippen LogP contribution in [0.25, 0.3) is 0 Å². The van der Waals surface area contributed by atoms with Crippen molar-refractivity contribution < 1.29 is 14.3 Å². The molecule has 0 bridgehead atoms. The fourth-order valence-corrected chi connectivity index (χ4v) is 3.86. The van der Waals surface area contributed by atoms with E-state index in [2.05, 4.69) is 4.74 Å². The lowest BCUT2D eigenvalue weighted by molar-refractivity contribution is -0.140. The Kier molecular flexibility index (Phi) is 5.54. The highest BCUT2D eigenvalue weighted by molar-refractivity contribution is 7.09. The lowest BCUT2D eigenvalue weighted by atomic mass is 9.95. The van der Waals surface area contributed by atoms with Gasteiger partial charge >= 0.3 is 5.97 Å². The van der Waals surface area contributed by atoms with E-state index in [4.69, 9.17) is 9.72 Å². The van der Waals surface area contributed by atoms with E-state index in [0.717, 1.165) is 23.5 Å². The summed E-state index contributed by atoms with van der Waals surface area (Å²) in [6.45, 7) is 0. The first kappa shape index (κ1) is 15.4. The number of nitrogens with zero attached hydrogens (tertiary/aromatic N) is 1. The van der Waals surface area contributed by atoms with Crippen molar-refractivity contribution in [3.8, 4) is 0 Å². The number of methoxy groups -OCH3 is 2. The summed E-state index contributed by atoms with van der Waals surface area (Å²) in [6, 6.07) is 0. The van der Waals surface area contributed by atoms with Crippen molar-refractivity contribution in [2.75, 3.05) is 14.2 Å². The number of esters is 1. The van der Waals surface area contributed by atoms with Crippen LogP contribution in [0.5, 0.6) is 0 Å². The van der Waals surface area contributed by atoms with Crippen LogP contribution < -0.4 is 0 Å². The van der Waals surface area contributed by atoms with Gasteiger partial charge < -0.3 is 9.47 Å². The van der Waals surface area contributed by atoms with Crippen molar-refractivity contribution in [1.29, 1.82) is 0 Å². The number of carbonyl (C=O) groups excluding carboxylic acids is 1. The lowest BCUT2D eigenvalue weighted by Gasteiger charge is -2.29. The van der Waals surface area contributed by atoms with E-state index >= 15 is 0 Å². The Morgan fingerprint density at radius 2 is 2.00 bits per heavy atom. The van der Waals surface area contributed by atoms with Gasteiger partial charge in [-0.3, -0.25) is 4.79 Å². The van der Waals surface area contributed by atoms with Gasteiger partial charge in [0.2, 0.25) is 0 Å². The van der Waals surface area contributed by atoms with E-state index in [1.807, 2.05) is 5.38 Å². The Morgan fingerprint density at radius 1 is 1.30 bits per heavy atom. The summed E-state index contributed by atoms with van der Waals surface area (Å²) in [6.07, 6.45) is 8.09. The van der Waals surface area contributed by atoms with Crippen LogP contribution in [0.4, 0.5) is 0 Å². The van der Waals surface area contributed by atoms with Gasteiger partial charge in [0.1, 0.15) is 10.6 Å². The van der Waals surface area contributed by atoms with Crippen molar-refractivity contribution in [3.63, 3.8) is 0 Å². The Balaban J connectivity index is 2.07. The van der Waals surface area contributed by atoms with Crippen molar-refractivity contribution in [3.05, 3.63) is 16.1 Å². The number of thiazole rings is 1. The molecule has 1 aliphatic rings. The third kappa shape index (κ3) is 3.58. The average Bonchev–Trinajstić information content (AvgIpc) is 2.82. The van der Waals surface area contributed by atoms with Crippen molar-refractivity contribution >= 4 is 17.3 Å². The van der Waals surface area contributed by atoms with E-state index in [1.54, 1.807) is 18.4 Å². The van der Waals surface area contributed by atoms with Gasteiger partial charge in [0.15, 0.2) is 0 Å². The standard InChI is InChI=1S/C15H23NO3S/c1-18-13(17)8-7-12-11-20-14(16-12)15(19-2)9-5-3-4-6-10-15/h11H,3-10H2,1-2H3. The Morgan fingerprint density at radius 3 is 2.60 bits per heavy atom. The predicted octanol–water partition coefficient (Wildman–Crippen LogP) is 3.44. The molecular formula is C15H23NO3S. The van der Waals surface area contributed by atoms with Gasteiger partial charge in [0.25, 0.3) is 0 Å². The van der Waals surface area contributed by atoms with Crippen LogP contribution in [0.2, 0.25) is 0 Å². The van der Waals surface area contributed by atoms with Crippen LogP contribution in [0, 0.1) is 0 Å². The molecule has 0 N–H and O–H groups in total. The van der Waals surface area contributed by atoms with Crippen LogP contribution in [-0.2, 0) is 26.3 Å². The number of rotatable bonds is 5. The minimum Gasteiger partial charge on any atom is -0.469 e. The van der Waals surface area contributed by atoms with E-state index in [0.29, 0.717) is 12.8 Å². The smallest absolute Gasteiger partial charge is 0.305 e. The Hall–Kier alpha value is -0.940. The second-order valence-corrected chi connectivity index (χ2v) is 6.19. The molecule has 1 heterocycles. The first-order valence-corrected chi connectivity index (χ1v) is 8.15. The summed E-state index contributed by atoms with van der Waals surface area (Å²) < 4.78 is 10.5. The number of aryl methyl sites for hydroxylation is 1. The lowest BCUT2D eigenvalue weighted by Crippen LogP contribution is -2.27. The molecule has 1 aromatic rings. The van der Waals surface area contributed by atoms with Gasteiger partial charge in [-0.1, -0.05) is 25.7 Å². The van der Waals surface area contributed by atoms with Crippen LogP contribution in [0.3, 0.4) is 0 Å². The fraction of sp³-hybridized carbons (Fsp3) is 0.733. The quantitative estimate of drug-likeness (QED) is 0.617. The monoisotopic (exact) mass is 297 g/mol. The number of ether oxygens (including phenoxy) is 2. The van der Waals surface area contributed by atoms with Gasteiger partial charge in [-0.25, -0.2) is 4.98 Å². The number of hydrogen-bond donors (Lipinski definition) is 0. The summed E-state index contributed by atoms with van der Waals surface area (Å²) >= 11 is 1.66. The molecule has 1 aromatic heterocycles. The minimum absolute atomic E-state index is 0.185. The minimum atomic E-state index is -0.204. The molecule has 1 fully saturated rings. The average molecular weight is 297 g/mol. The van der Waals surface area contributed by atoms with Gasteiger partial charge in [-0.05, 0) is 12.8 Å². The Bertz CT molecular complexity index is 436. The second kappa shape index (κ2) is 7.18. The molecule has 2 rings (SSSR count). The van der Waals surface area contributed by atoms with Gasteiger partial charge in [-0.15, -0.1) is 11.3 Å². The zero-order valence-corrected chi connectivity index (χ0v) is 13.1. The molecule has 5 heteroatoms. The highest BCUT2D eigenvalue weighted by Crippen LogP contribution is 2.40. The zero-order valence-electron chi connectivity index (χ0n) is 12.3. The summed E-state index contributed by atoms with van der Waals surface area (Å²) in [5.41, 5.74) is 0.765. The maximum absolute atomic E-state index is 11.2. The van der Waals surface area contributed by atoms with Crippen LogP contribution in [0.15, 0.2) is 5.38 Å². The highest BCUT2D eigenvalue weighted by atomic mass is 32.1. The molecule has 0 unspecified atom stereocenters. The van der Waals surface area contributed by atoms with Crippen LogP contribution in [0.1, 0.15) is 55.6 Å². The molecule has 112 valence electrons. The Labute approximate surface area is 124 Å². The van der Waals surface area contributed by atoms with Crippen LogP contribution >= 0.6 is 11.3 Å². The molecule has 1 saturated carbocycles. The number of aromatic nitrogens is 1. The van der Waals surface area contributed by atoms with Crippen molar-refractivity contribution in [2.45, 2.75) is 57.0 Å². The summed E-state index contributed by atoms with van der Waals surface area (Å²) in [5.74, 6) is -0.185. The van der Waals surface area contributed by atoms with E-state index in [9.17, 15) is 4.79 Å². The highest BCUT2D eigenvalue weighted by Gasteiger charge is 2.35. The molecule has 0 radical (unpaired) electrons. The number of hydrogen-bond acceptors (Lipinski definition) is 5. The molecule has 0 saturated heterocycles. The molecule has 4 nitrogen and oxygen atoms in total. The zero-order chi connectivity index (χ0) is 14.4. The predicted molar refractivity (Wildman–Crippen MR) is 78.8 cm³/mol. The van der Waals surface area contributed by atoms with Gasteiger partial charge in [0, 0.05) is 18.9 Å². The first-order chi connectivity index (χ1) is 9.70. The maximum atomic E-state index is 11.2.